The summed E-state index contributed by atoms with van der Waals surface area (Å²) in [5.74, 6) is 0.348. The second-order valence-electron chi connectivity index (χ2n) is 6.05. The number of benzene rings is 2. The minimum atomic E-state index is -0.205. The van der Waals surface area contributed by atoms with Crippen LogP contribution in [0.5, 0.6) is 0 Å². The first kappa shape index (κ1) is 17.4. The van der Waals surface area contributed by atoms with Gasteiger partial charge >= 0.3 is 0 Å². The van der Waals surface area contributed by atoms with Crippen LogP contribution in [0.1, 0.15) is 22.4 Å². The fourth-order valence-corrected chi connectivity index (χ4v) is 2.65. The predicted octanol–water partition coefficient (Wildman–Crippen LogP) is 3.04. The molecule has 3 rings (SSSR count). The average molecular weight is 347 g/mol. The van der Waals surface area contributed by atoms with Crippen LogP contribution in [0.3, 0.4) is 0 Å². The summed E-state index contributed by atoms with van der Waals surface area (Å²) < 4.78 is 0. The molecule has 0 aliphatic heterocycles. The van der Waals surface area contributed by atoms with E-state index < -0.39 is 0 Å². The van der Waals surface area contributed by atoms with E-state index in [1.807, 2.05) is 61.5 Å². The number of aromatic amines is 1. The van der Waals surface area contributed by atoms with E-state index in [0.717, 1.165) is 16.8 Å². The number of nitrogens with one attached hydrogen (secondary N) is 2. The van der Waals surface area contributed by atoms with Crippen molar-refractivity contribution in [3.05, 3.63) is 87.3 Å². The van der Waals surface area contributed by atoms with Crippen LogP contribution in [0.25, 0.3) is 0 Å². The van der Waals surface area contributed by atoms with Gasteiger partial charge in [-0.1, -0.05) is 48.5 Å². The zero-order valence-corrected chi connectivity index (χ0v) is 14.8. The number of guanidine groups is 1. The molecule has 0 saturated heterocycles. The Hall–Kier alpha value is -3.41. The lowest BCUT2D eigenvalue weighted by Gasteiger charge is -2.09. The Morgan fingerprint density at radius 1 is 1.12 bits per heavy atom. The maximum atomic E-state index is 12.4. The Bertz CT molecular complexity index is 993. The van der Waals surface area contributed by atoms with Gasteiger partial charge in [-0.05, 0) is 31.0 Å². The molecule has 0 radical (unpaired) electrons. The normalized spacial score (nSPS) is 11.4. The molecule has 0 spiro atoms. The van der Waals surface area contributed by atoms with Crippen LogP contribution < -0.4 is 16.6 Å². The molecular weight excluding hydrogens is 326 g/mol. The van der Waals surface area contributed by atoms with Gasteiger partial charge in [-0.15, -0.1) is 0 Å². The van der Waals surface area contributed by atoms with Gasteiger partial charge in [0.25, 0.3) is 5.56 Å². The largest absolute Gasteiger partial charge is 0.369 e. The third-order valence-corrected chi connectivity index (χ3v) is 4.07. The second kappa shape index (κ2) is 7.65. The molecule has 0 fully saturated rings. The van der Waals surface area contributed by atoms with Crippen molar-refractivity contribution in [2.45, 2.75) is 20.3 Å². The molecule has 0 aliphatic rings. The van der Waals surface area contributed by atoms with E-state index in [9.17, 15) is 4.79 Å². The van der Waals surface area contributed by atoms with Crippen LogP contribution in [0.4, 0.5) is 11.6 Å². The topological polar surface area (TPSA) is 96.2 Å². The van der Waals surface area contributed by atoms with Crippen LogP contribution in [-0.4, -0.2) is 15.9 Å². The molecule has 0 saturated carbocycles. The summed E-state index contributed by atoms with van der Waals surface area (Å²) in [5.41, 5.74) is 9.96. The molecule has 4 N–H and O–H groups in total. The van der Waals surface area contributed by atoms with Crippen molar-refractivity contribution < 1.29 is 0 Å². The van der Waals surface area contributed by atoms with Gasteiger partial charge in [0.15, 0.2) is 0 Å². The number of nitrogens with two attached hydrogens (primary N) is 1. The number of aliphatic imine (C=N–C) groups is 1. The quantitative estimate of drug-likeness (QED) is 0.499. The van der Waals surface area contributed by atoms with E-state index >= 15 is 0 Å². The molecule has 0 aliphatic carbocycles. The highest BCUT2D eigenvalue weighted by Crippen LogP contribution is 2.14. The molecule has 6 nitrogen and oxygen atoms in total. The molecule has 6 heteroatoms. The van der Waals surface area contributed by atoms with Crippen LogP contribution >= 0.6 is 0 Å². The molecular formula is C20H21N5O. The lowest BCUT2D eigenvalue weighted by atomic mass is 10.1. The minimum Gasteiger partial charge on any atom is -0.369 e. The highest BCUT2D eigenvalue weighted by molar-refractivity contribution is 5.94. The van der Waals surface area contributed by atoms with Gasteiger partial charge < -0.3 is 11.1 Å². The van der Waals surface area contributed by atoms with Crippen LogP contribution in [0, 0.1) is 13.8 Å². The van der Waals surface area contributed by atoms with Gasteiger partial charge in [0.2, 0.25) is 11.9 Å². The highest BCUT2D eigenvalue weighted by atomic mass is 16.1. The van der Waals surface area contributed by atoms with Gasteiger partial charge in [0, 0.05) is 17.7 Å². The maximum absolute atomic E-state index is 12.4. The number of H-pyrrole nitrogens is 1. The SMILES string of the molecule is Cc1ccccc1NC(N)=Nc1nc(C)c(Cc2ccccc2)c(=O)[nH]1. The number of aromatic nitrogens is 2. The number of hydrogen-bond acceptors (Lipinski definition) is 3. The van der Waals surface area contributed by atoms with Gasteiger partial charge in [0.1, 0.15) is 0 Å². The summed E-state index contributed by atoms with van der Waals surface area (Å²) in [7, 11) is 0. The Kier molecular flexibility index (Phi) is 5.12. The molecule has 26 heavy (non-hydrogen) atoms. The zero-order chi connectivity index (χ0) is 18.5. The Morgan fingerprint density at radius 2 is 1.81 bits per heavy atom. The van der Waals surface area contributed by atoms with E-state index in [1.165, 1.54) is 0 Å². The van der Waals surface area contributed by atoms with Crippen molar-refractivity contribution in [1.29, 1.82) is 0 Å². The van der Waals surface area contributed by atoms with Crippen molar-refractivity contribution in [2.75, 3.05) is 5.32 Å². The average Bonchev–Trinajstić information content (AvgIpc) is 2.61. The summed E-state index contributed by atoms with van der Waals surface area (Å²) in [6.07, 6.45) is 0.524. The van der Waals surface area contributed by atoms with Crippen LogP contribution in [0.15, 0.2) is 64.4 Å². The van der Waals surface area contributed by atoms with Crippen LogP contribution in [0.2, 0.25) is 0 Å². The molecule has 0 bridgehead atoms. The number of para-hydroxylation sites is 1. The number of aryl methyl sites for hydroxylation is 2. The van der Waals surface area contributed by atoms with Gasteiger partial charge in [0.05, 0.1) is 5.69 Å². The molecule has 0 unspecified atom stereocenters. The Balaban J connectivity index is 1.83. The monoisotopic (exact) mass is 347 g/mol. The molecule has 132 valence electrons. The van der Waals surface area contributed by atoms with Gasteiger partial charge in [-0.2, -0.15) is 4.99 Å². The fraction of sp³-hybridized carbons (Fsp3) is 0.150. The highest BCUT2D eigenvalue weighted by Gasteiger charge is 2.09. The summed E-state index contributed by atoms with van der Waals surface area (Å²) in [5, 5.41) is 3.02. The Labute approximate surface area is 151 Å². The summed E-state index contributed by atoms with van der Waals surface area (Å²) in [6.45, 7) is 3.77. The number of hydrogen-bond donors (Lipinski definition) is 3. The smallest absolute Gasteiger partial charge is 0.256 e. The lowest BCUT2D eigenvalue weighted by Crippen LogP contribution is -2.23. The Morgan fingerprint density at radius 3 is 2.50 bits per heavy atom. The number of anilines is 1. The van der Waals surface area contributed by atoms with E-state index in [1.54, 1.807) is 6.92 Å². The van der Waals surface area contributed by atoms with E-state index in [-0.39, 0.29) is 17.5 Å². The first-order valence-electron chi connectivity index (χ1n) is 8.33. The molecule has 0 atom stereocenters. The van der Waals surface area contributed by atoms with Crippen molar-refractivity contribution in [2.24, 2.45) is 10.7 Å². The summed E-state index contributed by atoms with van der Waals surface area (Å²) >= 11 is 0. The van der Waals surface area contributed by atoms with Gasteiger partial charge in [-0.3, -0.25) is 9.78 Å². The van der Waals surface area contributed by atoms with E-state index in [0.29, 0.717) is 17.7 Å². The predicted molar refractivity (Wildman–Crippen MR) is 105 cm³/mol. The maximum Gasteiger partial charge on any atom is 0.256 e. The fourth-order valence-electron chi connectivity index (χ4n) is 2.65. The number of nitrogens with zero attached hydrogens (tertiary/aromatic N) is 2. The molecule has 3 aromatic rings. The van der Waals surface area contributed by atoms with E-state index in [4.69, 9.17) is 5.73 Å². The zero-order valence-electron chi connectivity index (χ0n) is 14.8. The first-order valence-corrected chi connectivity index (χ1v) is 8.33. The third kappa shape index (κ3) is 4.16. The van der Waals surface area contributed by atoms with E-state index in [2.05, 4.69) is 20.3 Å². The number of rotatable bonds is 4. The summed E-state index contributed by atoms with van der Waals surface area (Å²) in [6, 6.07) is 17.5. The molecule has 0 amide bonds. The van der Waals surface area contributed by atoms with Crippen molar-refractivity contribution >= 4 is 17.6 Å². The minimum absolute atomic E-state index is 0.164. The molecule has 1 heterocycles. The lowest BCUT2D eigenvalue weighted by molar-refractivity contribution is 0.973. The van der Waals surface area contributed by atoms with Crippen molar-refractivity contribution in [3.63, 3.8) is 0 Å². The third-order valence-electron chi connectivity index (χ3n) is 4.07. The molecule has 2 aromatic carbocycles. The first-order chi connectivity index (χ1) is 12.5. The van der Waals surface area contributed by atoms with Crippen LogP contribution in [-0.2, 0) is 6.42 Å². The summed E-state index contributed by atoms with van der Waals surface area (Å²) in [4.78, 5) is 23.7. The van der Waals surface area contributed by atoms with Gasteiger partial charge in [-0.25, -0.2) is 4.98 Å². The van der Waals surface area contributed by atoms with Crippen molar-refractivity contribution in [3.8, 4) is 0 Å². The molecule has 1 aromatic heterocycles. The van der Waals surface area contributed by atoms with Crippen molar-refractivity contribution in [1.82, 2.24) is 9.97 Å². The second-order valence-corrected chi connectivity index (χ2v) is 6.05. The standard InChI is InChI=1S/C20H21N5O/c1-13-8-6-7-11-17(13)23-19(21)25-20-22-14(2)16(18(26)24-20)12-15-9-4-3-5-10-15/h3-11H,12H2,1-2H3,(H4,21,22,23,24,25,26).